The second kappa shape index (κ2) is 19.5. The molecule has 0 aliphatic rings. The van der Waals surface area contributed by atoms with E-state index in [0.717, 1.165) is 99.5 Å². The van der Waals surface area contributed by atoms with E-state index >= 15 is 0 Å². The molecule has 16 aromatic rings. The number of benzene rings is 12. The van der Waals surface area contributed by atoms with Crippen molar-refractivity contribution in [3.63, 3.8) is 0 Å². The fraction of sp³-hybridized carbons (Fsp3) is 0. The number of para-hydroxylation sites is 1. The number of rotatable bonds is 9. The zero-order valence-electron chi connectivity index (χ0n) is 43.9. The number of nitrogens with zero attached hydrogens (tertiary/aromatic N) is 6. The first-order valence-corrected chi connectivity index (χ1v) is 28.1. The summed E-state index contributed by atoms with van der Waals surface area (Å²) in [5.74, 6) is 3.61. The highest BCUT2D eigenvalue weighted by Crippen LogP contribution is 2.42. The molecule has 0 bridgehead atoms. The minimum Gasteiger partial charge on any atom is -0.456 e. The van der Waals surface area contributed by atoms with Gasteiger partial charge in [-0.15, -0.1) is 11.3 Å². The fourth-order valence-electron chi connectivity index (χ4n) is 11.3. The fourth-order valence-corrected chi connectivity index (χ4v) is 12.6. The maximum absolute atomic E-state index is 6.36. The SMILES string of the molecule is c1ccc(-c2ccc(-c3nc(-c4ccccc4)nc(-c4ccc5ccc6c7ccc(-c8cccc(-c9nc(-c%10ccc(-c%11ccc%12ccccc%12c%11)cc%10)nc(-c%10ccc%11c(c%10)oc%10ccccc%10%11)n9)c8)cc7sc6c5c4)n3)cc2)cc1. The molecule has 0 unspecified atom stereocenters. The van der Waals surface area contributed by atoms with Crippen LogP contribution in [0.1, 0.15) is 0 Å². The van der Waals surface area contributed by atoms with Crippen LogP contribution in [0.2, 0.25) is 0 Å². The summed E-state index contributed by atoms with van der Waals surface area (Å²) in [6.07, 6.45) is 0. The molecule has 7 nitrogen and oxygen atoms in total. The number of thiophene rings is 1. The van der Waals surface area contributed by atoms with E-state index in [0.29, 0.717) is 34.9 Å². The second-order valence-corrected chi connectivity index (χ2v) is 21.7. The Morgan fingerprint density at radius 1 is 0.220 bits per heavy atom. The molecule has 0 aliphatic carbocycles. The van der Waals surface area contributed by atoms with E-state index in [1.165, 1.54) is 30.9 Å². The van der Waals surface area contributed by atoms with Gasteiger partial charge in [0.25, 0.3) is 0 Å². The Morgan fingerprint density at radius 3 is 1.35 bits per heavy atom. The van der Waals surface area contributed by atoms with Crippen LogP contribution in [0.25, 0.3) is 165 Å². The first kappa shape index (κ1) is 47.2. The highest BCUT2D eigenvalue weighted by molar-refractivity contribution is 7.26. The van der Waals surface area contributed by atoms with Crippen molar-refractivity contribution >= 4 is 75.0 Å². The van der Waals surface area contributed by atoms with Crippen LogP contribution in [-0.4, -0.2) is 29.9 Å². The maximum atomic E-state index is 6.36. The van der Waals surface area contributed by atoms with E-state index in [2.05, 4.69) is 206 Å². The summed E-state index contributed by atoms with van der Waals surface area (Å²) in [6, 6.07) is 93.3. The summed E-state index contributed by atoms with van der Waals surface area (Å²) in [7, 11) is 0. The molecule has 0 N–H and O–H groups in total. The molecule has 12 aromatic carbocycles. The third-order valence-electron chi connectivity index (χ3n) is 15.6. The smallest absolute Gasteiger partial charge is 0.164 e. The minimum absolute atomic E-state index is 0.565. The predicted molar refractivity (Wildman–Crippen MR) is 337 cm³/mol. The van der Waals surface area contributed by atoms with Gasteiger partial charge >= 0.3 is 0 Å². The average molecular weight is 1070 g/mol. The molecular weight excluding hydrogens is 1020 g/mol. The summed E-state index contributed by atoms with van der Waals surface area (Å²) in [5, 5.41) is 9.27. The number of furan rings is 1. The quantitative estimate of drug-likeness (QED) is 0.142. The number of hydrogen-bond donors (Lipinski definition) is 0. The van der Waals surface area contributed by atoms with Gasteiger partial charge in [0.05, 0.1) is 0 Å². The van der Waals surface area contributed by atoms with Crippen molar-refractivity contribution in [2.75, 3.05) is 0 Å². The summed E-state index contributed by atoms with van der Waals surface area (Å²) < 4.78 is 8.77. The largest absolute Gasteiger partial charge is 0.456 e. The normalized spacial score (nSPS) is 11.7. The van der Waals surface area contributed by atoms with Crippen molar-refractivity contribution < 1.29 is 4.42 Å². The Balaban J connectivity index is 0.763. The van der Waals surface area contributed by atoms with Crippen molar-refractivity contribution in [3.05, 3.63) is 267 Å². The second-order valence-electron chi connectivity index (χ2n) is 20.6. The lowest BCUT2D eigenvalue weighted by Gasteiger charge is -2.10. The van der Waals surface area contributed by atoms with Crippen LogP contribution in [0, 0.1) is 0 Å². The molecule has 0 amide bonds. The summed E-state index contributed by atoms with van der Waals surface area (Å²) >= 11 is 1.81. The van der Waals surface area contributed by atoms with Crippen molar-refractivity contribution in [1.29, 1.82) is 0 Å². The van der Waals surface area contributed by atoms with Gasteiger partial charge in [-0.1, -0.05) is 224 Å². The molecule has 4 aromatic heterocycles. The minimum atomic E-state index is 0.565. The van der Waals surface area contributed by atoms with E-state index in [1.54, 1.807) is 0 Å². The Hall–Kier alpha value is -10.8. The highest BCUT2D eigenvalue weighted by atomic mass is 32.1. The molecule has 0 aliphatic heterocycles. The molecule has 0 saturated heterocycles. The highest BCUT2D eigenvalue weighted by Gasteiger charge is 2.19. The van der Waals surface area contributed by atoms with Crippen LogP contribution >= 0.6 is 11.3 Å². The zero-order valence-corrected chi connectivity index (χ0v) is 44.7. The van der Waals surface area contributed by atoms with Gasteiger partial charge in [0.1, 0.15) is 11.2 Å². The van der Waals surface area contributed by atoms with Gasteiger partial charge in [-0.3, -0.25) is 0 Å². The monoisotopic (exact) mass is 1060 g/mol. The maximum Gasteiger partial charge on any atom is 0.164 e. The molecule has 82 heavy (non-hydrogen) atoms. The van der Waals surface area contributed by atoms with Crippen LogP contribution in [0.4, 0.5) is 0 Å². The van der Waals surface area contributed by atoms with Crippen LogP contribution in [-0.2, 0) is 0 Å². The van der Waals surface area contributed by atoms with E-state index < -0.39 is 0 Å². The van der Waals surface area contributed by atoms with Gasteiger partial charge in [-0.05, 0) is 92.0 Å². The third-order valence-corrected chi connectivity index (χ3v) is 16.8. The number of hydrogen-bond acceptors (Lipinski definition) is 8. The van der Waals surface area contributed by atoms with Gasteiger partial charge in [-0.2, -0.15) is 0 Å². The van der Waals surface area contributed by atoms with Crippen molar-refractivity contribution in [3.8, 4) is 102 Å². The molecule has 0 fully saturated rings. The lowest BCUT2D eigenvalue weighted by molar-refractivity contribution is 0.669. The van der Waals surface area contributed by atoms with E-state index in [4.69, 9.17) is 34.3 Å². The Kier molecular flexibility index (Phi) is 11.2. The predicted octanol–water partition coefficient (Wildman–Crippen LogP) is 19.6. The van der Waals surface area contributed by atoms with Gasteiger partial charge in [-0.25, -0.2) is 29.9 Å². The molecule has 0 spiro atoms. The molecule has 382 valence electrons. The van der Waals surface area contributed by atoms with Crippen LogP contribution in [0.3, 0.4) is 0 Å². The first-order valence-electron chi connectivity index (χ1n) is 27.3. The summed E-state index contributed by atoms with van der Waals surface area (Å²) in [4.78, 5) is 30.9. The van der Waals surface area contributed by atoms with Crippen LogP contribution in [0.5, 0.6) is 0 Å². The van der Waals surface area contributed by atoms with E-state index in [9.17, 15) is 0 Å². The van der Waals surface area contributed by atoms with Gasteiger partial charge < -0.3 is 4.42 Å². The van der Waals surface area contributed by atoms with Gasteiger partial charge in [0.2, 0.25) is 0 Å². The topological polar surface area (TPSA) is 90.5 Å². The zero-order chi connectivity index (χ0) is 54.1. The molecule has 0 saturated carbocycles. The number of aromatic nitrogens is 6. The van der Waals surface area contributed by atoms with Crippen LogP contribution < -0.4 is 0 Å². The van der Waals surface area contributed by atoms with Gasteiger partial charge in [0, 0.05) is 69.7 Å². The van der Waals surface area contributed by atoms with Crippen LogP contribution in [0.15, 0.2) is 271 Å². The summed E-state index contributed by atoms with van der Waals surface area (Å²) in [5.41, 5.74) is 13.8. The van der Waals surface area contributed by atoms with Crippen molar-refractivity contribution in [2.45, 2.75) is 0 Å². The molecular formula is C74H44N6OS. The lowest BCUT2D eigenvalue weighted by atomic mass is 10.00. The van der Waals surface area contributed by atoms with E-state index in [1.807, 2.05) is 72.0 Å². The van der Waals surface area contributed by atoms with Gasteiger partial charge in [0.15, 0.2) is 34.9 Å². The Labute approximate surface area is 475 Å². The molecule has 4 heterocycles. The number of fused-ring (bicyclic) bond motifs is 9. The van der Waals surface area contributed by atoms with Crippen molar-refractivity contribution in [1.82, 2.24) is 29.9 Å². The van der Waals surface area contributed by atoms with Crippen molar-refractivity contribution in [2.24, 2.45) is 0 Å². The summed E-state index contributed by atoms with van der Waals surface area (Å²) in [6.45, 7) is 0. The Morgan fingerprint density at radius 2 is 0.634 bits per heavy atom. The molecule has 0 radical (unpaired) electrons. The Bertz CT molecular complexity index is 5150. The lowest BCUT2D eigenvalue weighted by Crippen LogP contribution is -2.00. The third kappa shape index (κ3) is 8.53. The molecule has 16 rings (SSSR count). The first-order chi connectivity index (χ1) is 40.5. The molecule has 0 atom stereocenters. The standard InChI is InChI=1S/C74H44N6OS/c1-3-12-45(13-4-1)47-22-28-51(29-23-47)70-75-69(50-15-5-2-6-16-50)76-73(78-70)58-33-27-49-34-39-63-62-38-35-56(44-67(62)82-68(63)64(49)42-58)54-18-11-19-57(41-54)72-77-71(52-30-24-48(25-31-52)55-32-26-46-14-7-8-17-53(46)40-55)79-74(80-72)59-36-37-61-60-20-9-10-21-65(60)81-66(61)43-59/h1-44H. The average Bonchev–Trinajstić information content (AvgIpc) is 4.29. The molecule has 8 heteroatoms. The van der Waals surface area contributed by atoms with E-state index in [-0.39, 0.29) is 0 Å².